The highest BCUT2D eigenvalue weighted by molar-refractivity contribution is 5.70. The minimum Gasteiger partial charge on any atom is -0.455 e. The molecule has 0 aromatic rings. The Morgan fingerprint density at radius 3 is 2.00 bits per heavy atom. The van der Waals surface area contributed by atoms with E-state index in [1.54, 1.807) is 0 Å². The molecule has 2 aliphatic heterocycles. The van der Waals surface area contributed by atoms with Crippen LogP contribution in [0.25, 0.3) is 0 Å². The maximum atomic E-state index is 11.2. The second kappa shape index (κ2) is 9.52. The van der Waals surface area contributed by atoms with Gasteiger partial charge in [0.05, 0.1) is 19.3 Å². The molecule has 2 aliphatic rings. The van der Waals surface area contributed by atoms with Crippen molar-refractivity contribution in [3.8, 4) is 0 Å². The molecule has 158 valence electrons. The molecule has 2 fully saturated rings. The normalized spacial score (nSPS) is 45.5. The van der Waals surface area contributed by atoms with E-state index >= 15 is 0 Å². The van der Waals surface area contributed by atoms with Crippen molar-refractivity contribution in [3.05, 3.63) is 0 Å². The number of hydrogen-bond acceptors (Lipinski definition) is 12. The van der Waals surface area contributed by atoms with Gasteiger partial charge in [0.15, 0.2) is 12.4 Å². The summed E-state index contributed by atoms with van der Waals surface area (Å²) >= 11 is 0. The summed E-state index contributed by atoms with van der Waals surface area (Å²) in [5.41, 5.74) is 0. The van der Waals surface area contributed by atoms with E-state index in [9.17, 15) is 30.3 Å². The first-order chi connectivity index (χ1) is 12.7. The van der Waals surface area contributed by atoms with Gasteiger partial charge in [-0.3, -0.25) is 0 Å². The van der Waals surface area contributed by atoms with Crippen LogP contribution in [0.5, 0.6) is 0 Å². The lowest BCUT2D eigenvalue weighted by Gasteiger charge is -2.46. The lowest BCUT2D eigenvalue weighted by molar-refractivity contribution is -0.340. The van der Waals surface area contributed by atoms with Crippen molar-refractivity contribution >= 4 is 5.97 Å². The number of hydrogen-bond donors (Lipinski definition) is 7. The average molecular weight is 398 g/mol. The van der Waals surface area contributed by atoms with Crippen molar-refractivity contribution in [2.24, 2.45) is 0 Å². The Labute approximate surface area is 154 Å². The standard InChI is InChI=1S/C15H26O12/c1-5-13(10(21)9(20)6(2-16)24-5)27-15-12(23)11(22)14(7(3-17)25-15)26-8(19)4-18/h5-7,9-18,20-23H,2-4H2,1H3/t5-,6?,7?,9+,10?,11?,12-,13+,14+,15-/m0/s1. The van der Waals surface area contributed by atoms with Gasteiger partial charge in [-0.2, -0.15) is 0 Å². The van der Waals surface area contributed by atoms with Crippen LogP contribution < -0.4 is 0 Å². The molecule has 0 aliphatic carbocycles. The lowest BCUT2D eigenvalue weighted by Crippen LogP contribution is -2.64. The van der Waals surface area contributed by atoms with Gasteiger partial charge in [0.25, 0.3) is 0 Å². The molecule has 0 aromatic carbocycles. The van der Waals surface area contributed by atoms with E-state index in [1.165, 1.54) is 6.92 Å². The van der Waals surface area contributed by atoms with Gasteiger partial charge >= 0.3 is 5.97 Å². The Morgan fingerprint density at radius 1 is 0.852 bits per heavy atom. The van der Waals surface area contributed by atoms with Crippen molar-refractivity contribution in [2.45, 2.75) is 68.1 Å². The maximum Gasteiger partial charge on any atom is 0.332 e. The molecule has 0 saturated carbocycles. The molecule has 0 bridgehead atoms. The second-order valence-electron chi connectivity index (χ2n) is 6.46. The first kappa shape index (κ1) is 22.4. The summed E-state index contributed by atoms with van der Waals surface area (Å²) in [7, 11) is 0. The van der Waals surface area contributed by atoms with Crippen LogP contribution in [0.1, 0.15) is 6.92 Å². The van der Waals surface area contributed by atoms with Gasteiger partial charge in [0, 0.05) is 0 Å². The molecule has 2 heterocycles. The highest BCUT2D eigenvalue weighted by Crippen LogP contribution is 2.29. The van der Waals surface area contributed by atoms with Crippen LogP contribution in [0, 0.1) is 0 Å². The van der Waals surface area contributed by atoms with Crippen LogP contribution in [-0.4, -0.2) is 123 Å². The largest absolute Gasteiger partial charge is 0.455 e. The predicted octanol–water partition coefficient (Wildman–Crippen LogP) is -4.78. The fourth-order valence-electron chi connectivity index (χ4n) is 3.12. The maximum absolute atomic E-state index is 11.2. The van der Waals surface area contributed by atoms with Gasteiger partial charge in [-0.25, -0.2) is 4.79 Å². The van der Waals surface area contributed by atoms with Gasteiger partial charge in [0.1, 0.15) is 49.3 Å². The zero-order valence-corrected chi connectivity index (χ0v) is 14.6. The van der Waals surface area contributed by atoms with Crippen LogP contribution in [0.3, 0.4) is 0 Å². The summed E-state index contributed by atoms with van der Waals surface area (Å²) in [4.78, 5) is 11.2. The topological polar surface area (TPSA) is 196 Å². The Bertz CT molecular complexity index is 487. The predicted molar refractivity (Wildman–Crippen MR) is 83.0 cm³/mol. The summed E-state index contributed by atoms with van der Waals surface area (Å²) in [5.74, 6) is -1.09. The quantitative estimate of drug-likeness (QED) is 0.211. The number of aliphatic hydroxyl groups excluding tert-OH is 7. The van der Waals surface area contributed by atoms with Gasteiger partial charge in [0.2, 0.25) is 0 Å². The van der Waals surface area contributed by atoms with Crippen LogP contribution in [0.4, 0.5) is 0 Å². The molecule has 0 aromatic heterocycles. The zero-order chi connectivity index (χ0) is 20.3. The highest BCUT2D eigenvalue weighted by Gasteiger charge is 2.50. The monoisotopic (exact) mass is 398 g/mol. The SMILES string of the molecule is C[C@@H]1OC(CO)[C@@H](O)C(O)[C@@H]1O[C@@H]1OC(CO)[C@@H](OC(=O)CO)C(O)[C@@H]1O. The molecule has 7 N–H and O–H groups in total. The van der Waals surface area contributed by atoms with Gasteiger partial charge in [-0.05, 0) is 6.92 Å². The van der Waals surface area contributed by atoms with Crippen LogP contribution in [-0.2, 0) is 23.7 Å². The summed E-state index contributed by atoms with van der Waals surface area (Å²) in [5, 5.41) is 67.9. The number of esters is 1. The molecule has 10 atom stereocenters. The Balaban J connectivity index is 2.09. The van der Waals surface area contributed by atoms with E-state index in [2.05, 4.69) is 0 Å². The molecule has 0 amide bonds. The smallest absolute Gasteiger partial charge is 0.332 e. The van der Waals surface area contributed by atoms with Gasteiger partial charge in [-0.1, -0.05) is 0 Å². The molecule has 2 saturated heterocycles. The molecule has 2 rings (SSSR count). The molecule has 12 heteroatoms. The third-order valence-electron chi connectivity index (χ3n) is 4.61. The van der Waals surface area contributed by atoms with E-state index in [-0.39, 0.29) is 0 Å². The summed E-state index contributed by atoms with van der Waals surface area (Å²) in [6.07, 6.45) is -13.7. The number of aliphatic hydroxyl groups is 7. The number of ether oxygens (including phenoxy) is 4. The fraction of sp³-hybridized carbons (Fsp3) is 0.933. The molecule has 12 nitrogen and oxygen atoms in total. The first-order valence-electron chi connectivity index (χ1n) is 8.45. The molecular formula is C15H26O12. The van der Waals surface area contributed by atoms with Crippen LogP contribution >= 0.6 is 0 Å². The van der Waals surface area contributed by atoms with E-state index < -0.39 is 87.0 Å². The van der Waals surface area contributed by atoms with Crippen molar-refractivity contribution in [1.29, 1.82) is 0 Å². The number of rotatable bonds is 6. The first-order valence-corrected chi connectivity index (χ1v) is 8.45. The van der Waals surface area contributed by atoms with Crippen molar-refractivity contribution in [2.75, 3.05) is 19.8 Å². The second-order valence-corrected chi connectivity index (χ2v) is 6.46. The van der Waals surface area contributed by atoms with Crippen LogP contribution in [0.2, 0.25) is 0 Å². The molecule has 0 spiro atoms. The van der Waals surface area contributed by atoms with E-state index in [0.29, 0.717) is 0 Å². The van der Waals surface area contributed by atoms with Gasteiger partial charge in [-0.15, -0.1) is 0 Å². The molecular weight excluding hydrogens is 372 g/mol. The third kappa shape index (κ3) is 4.74. The van der Waals surface area contributed by atoms with Crippen molar-refractivity contribution in [1.82, 2.24) is 0 Å². The van der Waals surface area contributed by atoms with Crippen molar-refractivity contribution in [3.63, 3.8) is 0 Å². The van der Waals surface area contributed by atoms with Gasteiger partial charge < -0.3 is 54.7 Å². The summed E-state index contributed by atoms with van der Waals surface area (Å²) < 4.78 is 20.9. The average Bonchev–Trinajstić information content (AvgIpc) is 2.66. The Hall–Kier alpha value is -0.930. The molecule has 27 heavy (non-hydrogen) atoms. The Kier molecular flexibility index (Phi) is 7.88. The molecule has 4 unspecified atom stereocenters. The third-order valence-corrected chi connectivity index (χ3v) is 4.61. The highest BCUT2D eigenvalue weighted by atomic mass is 16.7. The van der Waals surface area contributed by atoms with Crippen molar-refractivity contribution < 1.29 is 59.5 Å². The van der Waals surface area contributed by atoms with E-state index in [0.717, 1.165) is 0 Å². The van der Waals surface area contributed by atoms with E-state index in [4.69, 9.17) is 29.2 Å². The minimum absolute atomic E-state index is 0.527. The Morgan fingerprint density at radius 2 is 1.44 bits per heavy atom. The summed E-state index contributed by atoms with van der Waals surface area (Å²) in [6.45, 7) is -0.698. The minimum atomic E-state index is -1.74. The fourth-order valence-corrected chi connectivity index (χ4v) is 3.12. The number of carbonyl (C=O) groups is 1. The lowest BCUT2D eigenvalue weighted by atomic mass is 9.95. The zero-order valence-electron chi connectivity index (χ0n) is 14.6. The summed E-state index contributed by atoms with van der Waals surface area (Å²) in [6, 6.07) is 0. The van der Waals surface area contributed by atoms with Crippen LogP contribution in [0.15, 0.2) is 0 Å². The molecule has 0 radical (unpaired) electrons. The van der Waals surface area contributed by atoms with E-state index in [1.807, 2.05) is 0 Å². The number of carbonyl (C=O) groups excluding carboxylic acids is 1.